The molecule has 0 aliphatic carbocycles. The summed E-state index contributed by atoms with van der Waals surface area (Å²) in [7, 11) is 0. The normalized spacial score (nSPS) is 10.5. The van der Waals surface area contributed by atoms with Gasteiger partial charge >= 0.3 is 6.18 Å². The zero-order valence-corrected chi connectivity index (χ0v) is 8.74. The molecule has 0 radical (unpaired) electrons. The fourth-order valence-electron chi connectivity index (χ4n) is 0.934. The van der Waals surface area contributed by atoms with Crippen molar-refractivity contribution in [3.05, 3.63) is 29.1 Å². The maximum Gasteiger partial charge on any atom is 0.416 e. The van der Waals surface area contributed by atoms with Crippen LogP contribution in [0.25, 0.3) is 0 Å². The molecule has 80 valence electrons. The SMILES string of the molecule is CC.Cc1cc(C(F)(F)F)c(C)cn1. The molecule has 0 atom stereocenters. The van der Waals surface area contributed by atoms with E-state index in [1.165, 1.54) is 20.0 Å². The molecule has 0 spiro atoms. The van der Waals surface area contributed by atoms with E-state index in [1.807, 2.05) is 13.8 Å². The maximum absolute atomic E-state index is 12.2. The molecule has 1 aromatic heterocycles. The zero-order chi connectivity index (χ0) is 11.4. The molecule has 1 nitrogen and oxygen atoms in total. The molecule has 0 unspecified atom stereocenters. The Bertz CT molecular complexity index is 292. The minimum absolute atomic E-state index is 0.160. The second-order valence-electron chi connectivity index (χ2n) is 2.64. The monoisotopic (exact) mass is 205 g/mol. The number of hydrogen-bond acceptors (Lipinski definition) is 1. The largest absolute Gasteiger partial charge is 0.416 e. The fourth-order valence-corrected chi connectivity index (χ4v) is 0.934. The van der Waals surface area contributed by atoms with Gasteiger partial charge in [-0.25, -0.2) is 0 Å². The van der Waals surface area contributed by atoms with E-state index >= 15 is 0 Å². The minimum Gasteiger partial charge on any atom is -0.261 e. The van der Waals surface area contributed by atoms with Crippen LogP contribution in [0.2, 0.25) is 0 Å². The molecule has 0 aliphatic heterocycles. The van der Waals surface area contributed by atoms with Crippen LogP contribution in [0.3, 0.4) is 0 Å². The second-order valence-corrected chi connectivity index (χ2v) is 2.64. The van der Waals surface area contributed by atoms with E-state index in [0.717, 1.165) is 6.07 Å². The Balaban J connectivity index is 0.000000791. The summed E-state index contributed by atoms with van der Waals surface area (Å²) >= 11 is 0. The first-order valence-electron chi connectivity index (χ1n) is 4.41. The molecule has 1 heterocycles. The molecule has 0 amide bonds. The third kappa shape index (κ3) is 3.36. The van der Waals surface area contributed by atoms with Gasteiger partial charge in [0.15, 0.2) is 0 Å². The van der Waals surface area contributed by atoms with Gasteiger partial charge in [-0.15, -0.1) is 0 Å². The molecule has 0 fully saturated rings. The smallest absolute Gasteiger partial charge is 0.261 e. The summed E-state index contributed by atoms with van der Waals surface area (Å²) < 4.78 is 36.6. The Morgan fingerprint density at radius 3 is 2.00 bits per heavy atom. The van der Waals surface area contributed by atoms with Gasteiger partial charge in [0.2, 0.25) is 0 Å². The highest BCUT2D eigenvalue weighted by atomic mass is 19.4. The van der Waals surface area contributed by atoms with E-state index in [9.17, 15) is 13.2 Å². The van der Waals surface area contributed by atoms with Crippen molar-refractivity contribution in [3.63, 3.8) is 0 Å². The maximum atomic E-state index is 12.2. The topological polar surface area (TPSA) is 12.9 Å². The van der Waals surface area contributed by atoms with Crippen molar-refractivity contribution in [1.82, 2.24) is 4.98 Å². The van der Waals surface area contributed by atoms with E-state index in [4.69, 9.17) is 0 Å². The number of aryl methyl sites for hydroxylation is 2. The lowest BCUT2D eigenvalue weighted by Crippen LogP contribution is -2.08. The third-order valence-corrected chi connectivity index (χ3v) is 1.55. The average molecular weight is 205 g/mol. The molecular formula is C10H14F3N. The van der Waals surface area contributed by atoms with Crippen LogP contribution in [-0.4, -0.2) is 4.98 Å². The van der Waals surface area contributed by atoms with Crippen molar-refractivity contribution in [3.8, 4) is 0 Å². The first kappa shape index (κ1) is 12.9. The lowest BCUT2D eigenvalue weighted by atomic mass is 10.1. The van der Waals surface area contributed by atoms with Crippen molar-refractivity contribution in [2.75, 3.05) is 0 Å². The summed E-state index contributed by atoms with van der Waals surface area (Å²) in [5, 5.41) is 0. The standard InChI is InChI=1S/C8H8F3N.C2H6/c1-5-4-12-6(2)3-7(5)8(9,10)11;1-2/h3-4H,1-2H3;1-2H3. The number of aromatic nitrogens is 1. The molecule has 0 N–H and O–H groups in total. The van der Waals surface area contributed by atoms with Crippen LogP contribution >= 0.6 is 0 Å². The summed E-state index contributed by atoms with van der Waals surface area (Å²) in [6.45, 7) is 6.93. The van der Waals surface area contributed by atoms with Crippen LogP contribution in [0, 0.1) is 13.8 Å². The first-order valence-corrected chi connectivity index (χ1v) is 4.41. The molecule has 0 saturated carbocycles. The number of alkyl halides is 3. The summed E-state index contributed by atoms with van der Waals surface area (Å²) in [4.78, 5) is 3.75. The predicted molar refractivity (Wildman–Crippen MR) is 50.1 cm³/mol. The van der Waals surface area contributed by atoms with Crippen molar-refractivity contribution in [1.29, 1.82) is 0 Å². The highest BCUT2D eigenvalue weighted by molar-refractivity contribution is 5.27. The van der Waals surface area contributed by atoms with Gasteiger partial charge in [0.1, 0.15) is 0 Å². The van der Waals surface area contributed by atoms with Crippen LogP contribution in [-0.2, 0) is 6.18 Å². The van der Waals surface area contributed by atoms with E-state index in [1.54, 1.807) is 0 Å². The van der Waals surface area contributed by atoms with Crippen molar-refractivity contribution < 1.29 is 13.2 Å². The Labute approximate surface area is 82.0 Å². The molecule has 0 aliphatic rings. The first-order chi connectivity index (χ1) is 6.41. The van der Waals surface area contributed by atoms with Crippen LogP contribution in [0.5, 0.6) is 0 Å². The van der Waals surface area contributed by atoms with Crippen LogP contribution < -0.4 is 0 Å². The molecule has 14 heavy (non-hydrogen) atoms. The predicted octanol–water partition coefficient (Wildman–Crippen LogP) is 3.74. The minimum atomic E-state index is -4.27. The quantitative estimate of drug-likeness (QED) is 0.628. The highest BCUT2D eigenvalue weighted by Crippen LogP contribution is 2.31. The van der Waals surface area contributed by atoms with E-state index in [2.05, 4.69) is 4.98 Å². The molecule has 0 bridgehead atoms. The third-order valence-electron chi connectivity index (χ3n) is 1.55. The van der Waals surface area contributed by atoms with E-state index < -0.39 is 11.7 Å². The van der Waals surface area contributed by atoms with E-state index in [0.29, 0.717) is 5.69 Å². The lowest BCUT2D eigenvalue weighted by Gasteiger charge is -2.09. The van der Waals surface area contributed by atoms with Crippen LogP contribution in [0.1, 0.15) is 30.7 Å². The molecular weight excluding hydrogens is 191 g/mol. The van der Waals surface area contributed by atoms with Gasteiger partial charge in [0.05, 0.1) is 5.56 Å². The highest BCUT2D eigenvalue weighted by Gasteiger charge is 2.32. The molecule has 0 aromatic carbocycles. The van der Waals surface area contributed by atoms with Gasteiger partial charge in [-0.2, -0.15) is 13.2 Å². The summed E-state index contributed by atoms with van der Waals surface area (Å²) in [5.74, 6) is 0. The number of hydrogen-bond donors (Lipinski definition) is 0. The molecule has 4 heteroatoms. The summed E-state index contributed by atoms with van der Waals surface area (Å²) in [5.41, 5.74) is -0.0592. The van der Waals surface area contributed by atoms with Crippen LogP contribution in [0.4, 0.5) is 13.2 Å². The van der Waals surface area contributed by atoms with Gasteiger partial charge in [-0.3, -0.25) is 4.98 Å². The zero-order valence-electron chi connectivity index (χ0n) is 8.74. The number of halogens is 3. The number of nitrogens with zero attached hydrogens (tertiary/aromatic N) is 1. The second kappa shape index (κ2) is 4.98. The fraction of sp³-hybridized carbons (Fsp3) is 0.500. The number of pyridine rings is 1. The Hall–Kier alpha value is -1.06. The summed E-state index contributed by atoms with van der Waals surface area (Å²) in [6, 6.07) is 1.05. The Kier molecular flexibility index (Phi) is 4.60. The van der Waals surface area contributed by atoms with Crippen molar-refractivity contribution in [2.45, 2.75) is 33.9 Å². The van der Waals surface area contributed by atoms with Gasteiger partial charge < -0.3 is 0 Å². The molecule has 1 rings (SSSR count). The van der Waals surface area contributed by atoms with Crippen molar-refractivity contribution in [2.24, 2.45) is 0 Å². The van der Waals surface area contributed by atoms with Crippen molar-refractivity contribution >= 4 is 0 Å². The molecule has 0 saturated heterocycles. The Morgan fingerprint density at radius 1 is 1.14 bits per heavy atom. The van der Waals surface area contributed by atoms with Crippen LogP contribution in [0.15, 0.2) is 12.3 Å². The van der Waals surface area contributed by atoms with Gasteiger partial charge in [-0.05, 0) is 25.5 Å². The van der Waals surface area contributed by atoms with Gasteiger partial charge in [0.25, 0.3) is 0 Å². The van der Waals surface area contributed by atoms with Gasteiger partial charge in [0, 0.05) is 11.9 Å². The Morgan fingerprint density at radius 2 is 1.64 bits per heavy atom. The average Bonchev–Trinajstić information content (AvgIpc) is 2.11. The lowest BCUT2D eigenvalue weighted by molar-refractivity contribution is -0.138. The van der Waals surface area contributed by atoms with E-state index in [-0.39, 0.29) is 5.56 Å². The number of rotatable bonds is 0. The molecule has 1 aromatic rings. The summed E-state index contributed by atoms with van der Waals surface area (Å²) in [6.07, 6.45) is -3.03. The van der Waals surface area contributed by atoms with Gasteiger partial charge in [-0.1, -0.05) is 13.8 Å².